The van der Waals surface area contributed by atoms with Crippen molar-refractivity contribution in [2.24, 2.45) is 4.99 Å². The van der Waals surface area contributed by atoms with Crippen molar-refractivity contribution < 1.29 is 0 Å². The van der Waals surface area contributed by atoms with Crippen LogP contribution in [0.25, 0.3) is 0 Å². The average Bonchev–Trinajstić information content (AvgIpc) is 3.19. The smallest absolute Gasteiger partial charge is 0.191 e. The van der Waals surface area contributed by atoms with Crippen molar-refractivity contribution in [3.8, 4) is 0 Å². The van der Waals surface area contributed by atoms with Crippen LogP contribution in [0, 0.1) is 0 Å². The van der Waals surface area contributed by atoms with Crippen molar-refractivity contribution in [1.82, 2.24) is 15.5 Å². The maximum atomic E-state index is 4.41. The van der Waals surface area contributed by atoms with Crippen LogP contribution < -0.4 is 15.5 Å². The van der Waals surface area contributed by atoms with Crippen LogP contribution in [0.15, 0.2) is 35.3 Å². The molecule has 1 aromatic carbocycles. The quantitative estimate of drug-likeness (QED) is 0.248. The van der Waals surface area contributed by atoms with E-state index in [1.165, 1.54) is 63.8 Å². The summed E-state index contributed by atoms with van der Waals surface area (Å²) in [6.45, 7) is 7.07. The number of halogens is 1. The fourth-order valence-corrected chi connectivity index (χ4v) is 4.17. The molecule has 1 aromatic rings. The lowest BCUT2D eigenvalue weighted by Crippen LogP contribution is -2.44. The van der Waals surface area contributed by atoms with Crippen molar-refractivity contribution in [3.05, 3.63) is 30.3 Å². The third-order valence-corrected chi connectivity index (χ3v) is 5.77. The van der Waals surface area contributed by atoms with E-state index in [4.69, 9.17) is 0 Å². The van der Waals surface area contributed by atoms with E-state index in [1.807, 2.05) is 7.05 Å². The number of anilines is 1. The van der Waals surface area contributed by atoms with Crippen molar-refractivity contribution in [3.63, 3.8) is 0 Å². The molecule has 0 amide bonds. The number of para-hydroxylation sites is 1. The topological polar surface area (TPSA) is 42.9 Å². The van der Waals surface area contributed by atoms with Gasteiger partial charge in [-0.25, -0.2) is 0 Å². The van der Waals surface area contributed by atoms with Crippen molar-refractivity contribution in [2.75, 3.05) is 51.2 Å². The highest BCUT2D eigenvalue weighted by molar-refractivity contribution is 14.0. The van der Waals surface area contributed by atoms with Gasteiger partial charge in [0.1, 0.15) is 0 Å². The van der Waals surface area contributed by atoms with Gasteiger partial charge in [0.05, 0.1) is 0 Å². The molecule has 2 saturated heterocycles. The molecule has 6 heteroatoms. The summed E-state index contributed by atoms with van der Waals surface area (Å²) in [6.07, 6.45) is 9.21. The van der Waals surface area contributed by atoms with Gasteiger partial charge in [0.2, 0.25) is 0 Å². The van der Waals surface area contributed by atoms with Crippen molar-refractivity contribution in [1.29, 1.82) is 0 Å². The minimum Gasteiger partial charge on any atom is -0.369 e. The average molecular weight is 499 g/mol. The third-order valence-electron chi connectivity index (χ3n) is 5.77. The summed E-state index contributed by atoms with van der Waals surface area (Å²) in [5.41, 5.74) is 1.32. The predicted octanol–water partition coefficient (Wildman–Crippen LogP) is 3.70. The molecule has 2 aliphatic rings. The minimum atomic E-state index is 0. The van der Waals surface area contributed by atoms with Gasteiger partial charge in [0.15, 0.2) is 5.96 Å². The van der Waals surface area contributed by atoms with E-state index in [-0.39, 0.29) is 24.0 Å². The lowest BCUT2D eigenvalue weighted by atomic mass is 10.1. The van der Waals surface area contributed by atoms with Crippen LogP contribution in [0.5, 0.6) is 0 Å². The first-order valence-corrected chi connectivity index (χ1v) is 10.8. The first kappa shape index (κ1) is 23.3. The number of guanidine groups is 1. The number of unbranched alkanes of at least 4 members (excludes halogenated alkanes) is 2. The number of piperidine rings is 1. The fraction of sp³-hybridized carbons (Fsp3) is 0.682. The number of nitrogens with one attached hydrogen (secondary N) is 2. The molecule has 28 heavy (non-hydrogen) atoms. The first-order chi connectivity index (χ1) is 13.3. The summed E-state index contributed by atoms with van der Waals surface area (Å²) in [5.74, 6) is 0.950. The van der Waals surface area contributed by atoms with E-state index >= 15 is 0 Å². The van der Waals surface area contributed by atoms with Gasteiger partial charge in [-0.15, -0.1) is 24.0 Å². The normalized spacial score (nSPS) is 20.7. The van der Waals surface area contributed by atoms with Crippen LogP contribution in [-0.2, 0) is 0 Å². The van der Waals surface area contributed by atoms with Gasteiger partial charge in [-0.3, -0.25) is 4.99 Å². The Morgan fingerprint density at radius 3 is 2.57 bits per heavy atom. The van der Waals surface area contributed by atoms with E-state index in [0.29, 0.717) is 6.04 Å². The Hall–Kier alpha value is -1.02. The molecule has 2 N–H and O–H groups in total. The molecule has 1 atom stereocenters. The van der Waals surface area contributed by atoms with Crippen LogP contribution in [0.3, 0.4) is 0 Å². The Morgan fingerprint density at radius 1 is 1.04 bits per heavy atom. The summed E-state index contributed by atoms with van der Waals surface area (Å²) >= 11 is 0. The van der Waals surface area contributed by atoms with Gasteiger partial charge in [-0.2, -0.15) is 0 Å². The second-order valence-electron chi connectivity index (χ2n) is 7.87. The molecular formula is C22H38IN5. The molecule has 0 spiro atoms. The van der Waals surface area contributed by atoms with Crippen molar-refractivity contribution in [2.45, 2.75) is 51.0 Å². The van der Waals surface area contributed by atoms with Gasteiger partial charge in [-0.1, -0.05) is 31.0 Å². The van der Waals surface area contributed by atoms with E-state index in [1.54, 1.807) is 0 Å². The van der Waals surface area contributed by atoms with Crippen LogP contribution in [-0.4, -0.2) is 63.2 Å². The second-order valence-corrected chi connectivity index (χ2v) is 7.87. The van der Waals surface area contributed by atoms with Crippen molar-refractivity contribution >= 4 is 35.6 Å². The Bertz CT molecular complexity index is 559. The maximum Gasteiger partial charge on any atom is 0.191 e. The van der Waals surface area contributed by atoms with Crippen LogP contribution >= 0.6 is 24.0 Å². The number of hydrogen-bond acceptors (Lipinski definition) is 3. The zero-order valence-electron chi connectivity index (χ0n) is 17.4. The molecule has 0 saturated carbocycles. The Balaban J connectivity index is 0.00000280. The van der Waals surface area contributed by atoms with Gasteiger partial charge in [0.25, 0.3) is 0 Å². The number of likely N-dealkylation sites (tertiary alicyclic amines) is 1. The largest absolute Gasteiger partial charge is 0.369 e. The molecule has 0 aromatic heterocycles. The van der Waals surface area contributed by atoms with E-state index < -0.39 is 0 Å². The second kappa shape index (κ2) is 13.2. The molecule has 2 fully saturated rings. The number of nitrogens with zero attached hydrogens (tertiary/aromatic N) is 3. The van der Waals surface area contributed by atoms with Crippen LogP contribution in [0.4, 0.5) is 5.69 Å². The third kappa shape index (κ3) is 7.78. The van der Waals surface area contributed by atoms with Crippen LogP contribution in [0.2, 0.25) is 0 Å². The first-order valence-electron chi connectivity index (χ1n) is 10.8. The SMILES string of the molecule is CN=C(NCCCCCN1CCCCC1)NC1CCN(c2ccccc2)C1.I. The summed E-state index contributed by atoms with van der Waals surface area (Å²) in [5, 5.41) is 7.09. The predicted molar refractivity (Wildman–Crippen MR) is 131 cm³/mol. The molecule has 5 nitrogen and oxygen atoms in total. The minimum absolute atomic E-state index is 0. The zero-order valence-corrected chi connectivity index (χ0v) is 19.7. The van der Waals surface area contributed by atoms with Gasteiger partial charge < -0.3 is 20.4 Å². The lowest BCUT2D eigenvalue weighted by Gasteiger charge is -2.26. The van der Waals surface area contributed by atoms with E-state index in [9.17, 15) is 0 Å². The molecule has 2 aliphatic heterocycles. The van der Waals surface area contributed by atoms with E-state index in [2.05, 4.69) is 55.8 Å². The molecule has 0 bridgehead atoms. The number of hydrogen-bond donors (Lipinski definition) is 2. The Labute approximate surface area is 188 Å². The highest BCUT2D eigenvalue weighted by Crippen LogP contribution is 2.19. The zero-order chi connectivity index (χ0) is 18.7. The summed E-state index contributed by atoms with van der Waals surface area (Å²) < 4.78 is 0. The van der Waals surface area contributed by atoms with Gasteiger partial charge in [0, 0.05) is 38.4 Å². The number of aliphatic imine (C=N–C) groups is 1. The monoisotopic (exact) mass is 499 g/mol. The fourth-order valence-electron chi connectivity index (χ4n) is 4.17. The summed E-state index contributed by atoms with van der Waals surface area (Å²) in [4.78, 5) is 9.49. The van der Waals surface area contributed by atoms with Crippen LogP contribution in [0.1, 0.15) is 44.9 Å². The highest BCUT2D eigenvalue weighted by Gasteiger charge is 2.23. The highest BCUT2D eigenvalue weighted by atomic mass is 127. The molecule has 0 radical (unpaired) electrons. The molecule has 158 valence electrons. The van der Waals surface area contributed by atoms with Gasteiger partial charge in [-0.05, 0) is 63.9 Å². The Morgan fingerprint density at radius 2 is 1.82 bits per heavy atom. The summed E-state index contributed by atoms with van der Waals surface area (Å²) in [7, 11) is 1.87. The number of rotatable bonds is 8. The number of benzene rings is 1. The molecule has 2 heterocycles. The summed E-state index contributed by atoms with van der Waals surface area (Å²) in [6, 6.07) is 11.2. The molecule has 0 aliphatic carbocycles. The molecule has 1 unspecified atom stereocenters. The van der Waals surface area contributed by atoms with E-state index in [0.717, 1.165) is 32.0 Å². The lowest BCUT2D eigenvalue weighted by molar-refractivity contribution is 0.224. The molecular weight excluding hydrogens is 461 g/mol. The molecule has 3 rings (SSSR count). The Kier molecular flexibility index (Phi) is 11.0. The standard InChI is InChI=1S/C22H37N5.HI/c1-23-22(24-14-7-3-8-15-26-16-9-4-10-17-26)25-20-13-18-27(19-20)21-11-5-2-6-12-21;/h2,5-6,11-12,20H,3-4,7-10,13-19H2,1H3,(H2,23,24,25);1H. The maximum absolute atomic E-state index is 4.41. The van der Waals surface area contributed by atoms with Gasteiger partial charge >= 0.3 is 0 Å².